The molecule has 2 rings (SSSR count). The van der Waals surface area contributed by atoms with Gasteiger partial charge in [-0.05, 0) is 30.5 Å². The molecule has 116 valence electrons. The molecular weight excluding hydrogens is 280 g/mol. The van der Waals surface area contributed by atoms with Gasteiger partial charge in [0.2, 0.25) is 11.8 Å². The zero-order valence-electron chi connectivity index (χ0n) is 12.4. The zero-order chi connectivity index (χ0) is 15.8. The Bertz CT molecular complexity index is 550. The van der Waals surface area contributed by atoms with Gasteiger partial charge in [-0.2, -0.15) is 0 Å². The molecule has 2 amide bonds. The first-order valence-electron chi connectivity index (χ1n) is 7.38. The van der Waals surface area contributed by atoms with Gasteiger partial charge in [0.1, 0.15) is 12.4 Å². The summed E-state index contributed by atoms with van der Waals surface area (Å²) in [6.45, 7) is 1.27. The van der Waals surface area contributed by atoms with Crippen molar-refractivity contribution in [2.75, 3.05) is 19.7 Å². The van der Waals surface area contributed by atoms with E-state index in [2.05, 4.69) is 16.6 Å². The van der Waals surface area contributed by atoms with Crippen LogP contribution in [-0.4, -0.2) is 31.5 Å². The number of rotatable bonds is 6. The van der Waals surface area contributed by atoms with Crippen LogP contribution in [0, 0.1) is 18.3 Å². The number of nitrogens with one attached hydrogen (secondary N) is 2. The van der Waals surface area contributed by atoms with E-state index in [1.54, 1.807) is 0 Å². The second-order valence-electron chi connectivity index (χ2n) is 5.22. The van der Waals surface area contributed by atoms with Gasteiger partial charge < -0.3 is 15.4 Å². The Morgan fingerprint density at radius 1 is 1.41 bits per heavy atom. The molecule has 0 radical (unpaired) electrons. The molecule has 0 bridgehead atoms. The van der Waals surface area contributed by atoms with Crippen molar-refractivity contribution >= 4 is 11.8 Å². The first kappa shape index (κ1) is 15.9. The van der Waals surface area contributed by atoms with Crippen molar-refractivity contribution in [2.24, 2.45) is 5.92 Å². The van der Waals surface area contributed by atoms with E-state index in [0.29, 0.717) is 25.9 Å². The Morgan fingerprint density at radius 3 is 2.82 bits per heavy atom. The molecular formula is C17H20N2O3. The molecule has 1 aromatic carbocycles. The van der Waals surface area contributed by atoms with Gasteiger partial charge in [-0.25, -0.2) is 0 Å². The highest BCUT2D eigenvalue weighted by molar-refractivity contribution is 5.83. The first-order chi connectivity index (χ1) is 10.7. The van der Waals surface area contributed by atoms with Crippen LogP contribution < -0.4 is 15.4 Å². The number of benzene rings is 1. The van der Waals surface area contributed by atoms with E-state index >= 15 is 0 Å². The fourth-order valence-electron chi connectivity index (χ4n) is 2.31. The zero-order valence-corrected chi connectivity index (χ0v) is 12.4. The third kappa shape index (κ3) is 4.81. The van der Waals surface area contributed by atoms with E-state index in [1.165, 1.54) is 0 Å². The lowest BCUT2D eigenvalue weighted by Gasteiger charge is -2.21. The fourth-order valence-corrected chi connectivity index (χ4v) is 2.31. The predicted molar refractivity (Wildman–Crippen MR) is 83.2 cm³/mol. The molecule has 1 saturated heterocycles. The summed E-state index contributed by atoms with van der Waals surface area (Å²) in [7, 11) is 0. The summed E-state index contributed by atoms with van der Waals surface area (Å²) in [6.07, 6.45) is 6.93. The van der Waals surface area contributed by atoms with Gasteiger partial charge in [-0.1, -0.05) is 18.1 Å². The average molecular weight is 300 g/mol. The summed E-state index contributed by atoms with van der Waals surface area (Å²) < 4.78 is 5.30. The molecule has 1 heterocycles. The van der Waals surface area contributed by atoms with Crippen LogP contribution in [0.25, 0.3) is 0 Å². The molecule has 22 heavy (non-hydrogen) atoms. The van der Waals surface area contributed by atoms with Crippen LogP contribution in [0.2, 0.25) is 0 Å². The molecule has 5 nitrogen and oxygen atoms in total. The number of ether oxygens (including phenoxy) is 1. The minimum atomic E-state index is -0.114. The maximum absolute atomic E-state index is 12.0. The van der Waals surface area contributed by atoms with E-state index in [4.69, 9.17) is 11.2 Å². The van der Waals surface area contributed by atoms with Crippen molar-refractivity contribution in [1.29, 1.82) is 0 Å². The highest BCUT2D eigenvalue weighted by Gasteiger charge is 2.23. The van der Waals surface area contributed by atoms with Crippen LogP contribution in [0.1, 0.15) is 18.4 Å². The Balaban J connectivity index is 1.70. The fraction of sp³-hybridized carbons (Fsp3) is 0.412. The lowest BCUT2D eigenvalue weighted by Crippen LogP contribution is -2.43. The van der Waals surface area contributed by atoms with Crippen LogP contribution >= 0.6 is 0 Å². The van der Waals surface area contributed by atoms with Crippen LogP contribution in [0.4, 0.5) is 0 Å². The van der Waals surface area contributed by atoms with Gasteiger partial charge in [-0.15, -0.1) is 6.42 Å². The van der Waals surface area contributed by atoms with Gasteiger partial charge >= 0.3 is 0 Å². The lowest BCUT2D eigenvalue weighted by molar-refractivity contribution is -0.128. The number of carbonyl (C=O) groups is 2. The molecule has 1 aliphatic rings. The minimum Gasteiger partial charge on any atom is -0.481 e. The largest absolute Gasteiger partial charge is 0.481 e. The number of amides is 2. The highest BCUT2D eigenvalue weighted by Crippen LogP contribution is 2.13. The van der Waals surface area contributed by atoms with E-state index in [0.717, 1.165) is 17.7 Å². The smallest absolute Gasteiger partial charge is 0.224 e. The molecule has 1 atom stereocenters. The van der Waals surface area contributed by atoms with E-state index < -0.39 is 0 Å². The maximum Gasteiger partial charge on any atom is 0.224 e. The number of carbonyl (C=O) groups excluding carboxylic acids is 2. The van der Waals surface area contributed by atoms with Crippen LogP contribution in [0.5, 0.6) is 5.75 Å². The molecule has 1 fully saturated rings. The quantitative estimate of drug-likeness (QED) is 0.767. The van der Waals surface area contributed by atoms with Gasteiger partial charge in [0.25, 0.3) is 0 Å². The maximum atomic E-state index is 12.0. The SMILES string of the molecule is C#CCOc1ccc(CCNC(=O)C2CCC(=O)NC2)cc1. The molecule has 0 aromatic heterocycles. The van der Waals surface area contributed by atoms with Crippen molar-refractivity contribution in [3.05, 3.63) is 29.8 Å². The highest BCUT2D eigenvalue weighted by atomic mass is 16.5. The molecule has 0 saturated carbocycles. The van der Waals surface area contributed by atoms with Gasteiger partial charge in [0, 0.05) is 19.5 Å². The van der Waals surface area contributed by atoms with Crippen LogP contribution in [-0.2, 0) is 16.0 Å². The Labute approximate surface area is 130 Å². The molecule has 0 spiro atoms. The second-order valence-corrected chi connectivity index (χ2v) is 5.22. The van der Waals surface area contributed by atoms with Crippen molar-refractivity contribution in [3.63, 3.8) is 0 Å². The van der Waals surface area contributed by atoms with Gasteiger partial charge in [0.05, 0.1) is 5.92 Å². The van der Waals surface area contributed by atoms with Crippen molar-refractivity contribution < 1.29 is 14.3 Å². The normalized spacial score (nSPS) is 17.2. The molecule has 1 unspecified atom stereocenters. The molecule has 0 aliphatic carbocycles. The summed E-state index contributed by atoms with van der Waals surface area (Å²) in [4.78, 5) is 23.0. The Kier molecular flexibility index (Phi) is 5.84. The second kappa shape index (κ2) is 8.08. The third-order valence-corrected chi connectivity index (χ3v) is 3.59. The topological polar surface area (TPSA) is 67.4 Å². The predicted octanol–water partition coefficient (Wildman–Crippen LogP) is 0.883. The summed E-state index contributed by atoms with van der Waals surface area (Å²) in [6, 6.07) is 7.65. The van der Waals surface area contributed by atoms with Crippen LogP contribution in [0.15, 0.2) is 24.3 Å². The third-order valence-electron chi connectivity index (χ3n) is 3.59. The number of terminal acetylenes is 1. The Hall–Kier alpha value is -2.48. The van der Waals surface area contributed by atoms with E-state index in [-0.39, 0.29) is 24.3 Å². The standard InChI is InChI=1S/C17H20N2O3/c1-2-11-22-15-6-3-13(4-7-15)9-10-18-17(21)14-5-8-16(20)19-12-14/h1,3-4,6-7,14H,5,8-12H2,(H,18,21)(H,19,20). The summed E-state index contributed by atoms with van der Waals surface area (Å²) in [5, 5.41) is 5.63. The lowest BCUT2D eigenvalue weighted by atomic mass is 9.98. The summed E-state index contributed by atoms with van der Waals surface area (Å²) >= 11 is 0. The summed E-state index contributed by atoms with van der Waals surface area (Å²) in [5.41, 5.74) is 1.12. The minimum absolute atomic E-state index is 0.00831. The number of hydrogen-bond acceptors (Lipinski definition) is 3. The monoisotopic (exact) mass is 300 g/mol. The number of hydrogen-bond donors (Lipinski definition) is 2. The molecule has 5 heteroatoms. The van der Waals surface area contributed by atoms with Gasteiger partial charge in [-0.3, -0.25) is 9.59 Å². The molecule has 2 N–H and O–H groups in total. The molecule has 1 aromatic rings. The van der Waals surface area contributed by atoms with Crippen molar-refractivity contribution in [1.82, 2.24) is 10.6 Å². The molecule has 1 aliphatic heterocycles. The van der Waals surface area contributed by atoms with Crippen LogP contribution in [0.3, 0.4) is 0 Å². The first-order valence-corrected chi connectivity index (χ1v) is 7.38. The summed E-state index contributed by atoms with van der Waals surface area (Å²) in [5.74, 6) is 3.07. The van der Waals surface area contributed by atoms with Crippen molar-refractivity contribution in [3.8, 4) is 18.1 Å². The average Bonchev–Trinajstić information content (AvgIpc) is 2.54. The van der Waals surface area contributed by atoms with E-state index in [1.807, 2.05) is 24.3 Å². The Morgan fingerprint density at radius 2 is 2.18 bits per heavy atom. The van der Waals surface area contributed by atoms with E-state index in [9.17, 15) is 9.59 Å². The van der Waals surface area contributed by atoms with Gasteiger partial charge in [0.15, 0.2) is 0 Å². The van der Waals surface area contributed by atoms with Crippen molar-refractivity contribution in [2.45, 2.75) is 19.3 Å². The number of piperidine rings is 1.